The molecule has 0 saturated heterocycles. The van der Waals surface area contributed by atoms with Crippen molar-refractivity contribution in [3.63, 3.8) is 0 Å². The van der Waals surface area contributed by atoms with E-state index in [2.05, 4.69) is 41.1 Å². The SMILES string of the molecule is CCc1ccc(CN2CCc3nc(C4CC4)[nH]c(=O)c3C2)cc1. The summed E-state index contributed by atoms with van der Waals surface area (Å²) in [6, 6.07) is 8.80. The van der Waals surface area contributed by atoms with Crippen LogP contribution in [0.1, 0.15) is 53.9 Å². The van der Waals surface area contributed by atoms with Gasteiger partial charge in [-0.3, -0.25) is 9.69 Å². The summed E-state index contributed by atoms with van der Waals surface area (Å²) in [4.78, 5) is 22.4. The Balaban J connectivity index is 1.50. The van der Waals surface area contributed by atoms with Crippen LogP contribution in [0.3, 0.4) is 0 Å². The molecule has 4 nitrogen and oxygen atoms in total. The zero-order valence-electron chi connectivity index (χ0n) is 13.6. The lowest BCUT2D eigenvalue weighted by Gasteiger charge is -2.27. The smallest absolute Gasteiger partial charge is 0.255 e. The molecule has 120 valence electrons. The third-order valence-electron chi connectivity index (χ3n) is 4.97. The largest absolute Gasteiger partial charge is 0.310 e. The molecule has 0 amide bonds. The number of hydrogen-bond acceptors (Lipinski definition) is 3. The summed E-state index contributed by atoms with van der Waals surface area (Å²) in [7, 11) is 0. The zero-order valence-corrected chi connectivity index (χ0v) is 13.6. The Kier molecular flexibility index (Phi) is 3.77. The first-order chi connectivity index (χ1) is 11.2. The maximum absolute atomic E-state index is 12.4. The minimum absolute atomic E-state index is 0.0722. The normalized spacial score (nSPS) is 18.0. The van der Waals surface area contributed by atoms with Crippen molar-refractivity contribution in [1.82, 2.24) is 14.9 Å². The van der Waals surface area contributed by atoms with Crippen LogP contribution in [0.25, 0.3) is 0 Å². The number of H-pyrrole nitrogens is 1. The van der Waals surface area contributed by atoms with Crippen LogP contribution in [-0.2, 0) is 25.9 Å². The van der Waals surface area contributed by atoms with Crippen LogP contribution in [-0.4, -0.2) is 21.4 Å². The second-order valence-electron chi connectivity index (χ2n) is 6.78. The quantitative estimate of drug-likeness (QED) is 0.945. The van der Waals surface area contributed by atoms with Crippen molar-refractivity contribution in [1.29, 1.82) is 0 Å². The summed E-state index contributed by atoms with van der Waals surface area (Å²) in [5, 5.41) is 0. The second kappa shape index (κ2) is 5.93. The summed E-state index contributed by atoms with van der Waals surface area (Å²) >= 11 is 0. The van der Waals surface area contributed by atoms with Crippen LogP contribution in [0.2, 0.25) is 0 Å². The molecule has 2 heterocycles. The van der Waals surface area contributed by atoms with Gasteiger partial charge in [-0.2, -0.15) is 0 Å². The van der Waals surface area contributed by atoms with E-state index < -0.39 is 0 Å². The molecule has 1 N–H and O–H groups in total. The number of fused-ring (bicyclic) bond motifs is 1. The molecule has 1 fully saturated rings. The highest BCUT2D eigenvalue weighted by Crippen LogP contribution is 2.37. The van der Waals surface area contributed by atoms with Crippen molar-refractivity contribution in [2.75, 3.05) is 6.54 Å². The number of nitrogens with one attached hydrogen (secondary N) is 1. The van der Waals surface area contributed by atoms with Crippen molar-refractivity contribution >= 4 is 0 Å². The highest BCUT2D eigenvalue weighted by Gasteiger charge is 2.29. The van der Waals surface area contributed by atoms with Crippen LogP contribution < -0.4 is 5.56 Å². The molecule has 1 aliphatic carbocycles. The maximum atomic E-state index is 12.4. The summed E-state index contributed by atoms with van der Waals surface area (Å²) in [5.41, 5.74) is 4.64. The van der Waals surface area contributed by atoms with E-state index in [1.807, 2.05) is 0 Å². The van der Waals surface area contributed by atoms with E-state index in [0.29, 0.717) is 12.5 Å². The molecule has 23 heavy (non-hydrogen) atoms. The van der Waals surface area contributed by atoms with Gasteiger partial charge in [-0.05, 0) is 30.4 Å². The van der Waals surface area contributed by atoms with Gasteiger partial charge in [0.25, 0.3) is 5.56 Å². The van der Waals surface area contributed by atoms with Gasteiger partial charge in [0, 0.05) is 32.0 Å². The Labute approximate surface area is 136 Å². The summed E-state index contributed by atoms with van der Waals surface area (Å²) in [5.74, 6) is 1.42. The van der Waals surface area contributed by atoms with E-state index in [4.69, 9.17) is 4.98 Å². The lowest BCUT2D eigenvalue weighted by molar-refractivity contribution is 0.241. The topological polar surface area (TPSA) is 49.0 Å². The number of aryl methyl sites for hydroxylation is 1. The summed E-state index contributed by atoms with van der Waals surface area (Å²) in [6.07, 6.45) is 4.29. The molecule has 2 aliphatic rings. The average molecular weight is 309 g/mol. The van der Waals surface area contributed by atoms with Gasteiger partial charge in [-0.1, -0.05) is 31.2 Å². The van der Waals surface area contributed by atoms with Gasteiger partial charge < -0.3 is 4.98 Å². The number of nitrogens with zero attached hydrogens (tertiary/aromatic N) is 2. The molecule has 0 atom stereocenters. The molecule has 1 saturated carbocycles. The van der Waals surface area contributed by atoms with Gasteiger partial charge in [0.05, 0.1) is 11.3 Å². The van der Waals surface area contributed by atoms with Gasteiger partial charge >= 0.3 is 0 Å². The van der Waals surface area contributed by atoms with E-state index in [1.54, 1.807) is 0 Å². The van der Waals surface area contributed by atoms with Gasteiger partial charge in [-0.25, -0.2) is 4.98 Å². The van der Waals surface area contributed by atoms with Crippen LogP contribution in [0.4, 0.5) is 0 Å². The fourth-order valence-electron chi connectivity index (χ4n) is 3.32. The zero-order chi connectivity index (χ0) is 15.8. The lowest BCUT2D eigenvalue weighted by Crippen LogP contribution is -2.35. The Bertz CT molecular complexity index is 759. The molecule has 2 aromatic rings. The molecule has 1 aromatic carbocycles. The predicted octanol–water partition coefficient (Wildman–Crippen LogP) is 2.77. The Morgan fingerprint density at radius 1 is 1.22 bits per heavy atom. The van der Waals surface area contributed by atoms with E-state index in [0.717, 1.165) is 43.0 Å². The first kappa shape index (κ1) is 14.6. The molecular weight excluding hydrogens is 286 g/mol. The van der Waals surface area contributed by atoms with E-state index in [1.165, 1.54) is 24.0 Å². The van der Waals surface area contributed by atoms with Crippen molar-refractivity contribution < 1.29 is 0 Å². The molecule has 0 spiro atoms. The minimum Gasteiger partial charge on any atom is -0.310 e. The predicted molar refractivity (Wildman–Crippen MR) is 90.5 cm³/mol. The monoisotopic (exact) mass is 309 g/mol. The van der Waals surface area contributed by atoms with Gasteiger partial charge in [-0.15, -0.1) is 0 Å². The highest BCUT2D eigenvalue weighted by atomic mass is 16.1. The molecule has 4 heteroatoms. The number of aromatic amines is 1. The van der Waals surface area contributed by atoms with Crippen molar-refractivity contribution in [3.8, 4) is 0 Å². The molecule has 0 bridgehead atoms. The Hall–Kier alpha value is -1.94. The molecule has 1 aliphatic heterocycles. The first-order valence-corrected chi connectivity index (χ1v) is 8.65. The highest BCUT2D eigenvalue weighted by molar-refractivity contribution is 5.25. The number of rotatable bonds is 4. The van der Waals surface area contributed by atoms with Gasteiger partial charge in [0.1, 0.15) is 5.82 Å². The summed E-state index contributed by atoms with van der Waals surface area (Å²) in [6.45, 7) is 4.75. The molecule has 4 rings (SSSR count). The molecule has 0 unspecified atom stereocenters. The van der Waals surface area contributed by atoms with E-state index >= 15 is 0 Å². The molecular formula is C19H23N3O. The first-order valence-electron chi connectivity index (χ1n) is 8.65. The van der Waals surface area contributed by atoms with Gasteiger partial charge in [0.15, 0.2) is 0 Å². The third kappa shape index (κ3) is 3.08. The number of hydrogen-bond donors (Lipinski definition) is 1. The fraction of sp³-hybridized carbons (Fsp3) is 0.474. The van der Waals surface area contributed by atoms with Crippen LogP contribution in [0.5, 0.6) is 0 Å². The Morgan fingerprint density at radius 3 is 2.65 bits per heavy atom. The van der Waals surface area contributed by atoms with Crippen LogP contribution >= 0.6 is 0 Å². The molecule has 0 radical (unpaired) electrons. The fourth-order valence-corrected chi connectivity index (χ4v) is 3.32. The number of aromatic nitrogens is 2. The summed E-state index contributed by atoms with van der Waals surface area (Å²) < 4.78 is 0. The van der Waals surface area contributed by atoms with Crippen molar-refractivity contribution in [3.05, 3.63) is 62.8 Å². The van der Waals surface area contributed by atoms with E-state index in [-0.39, 0.29) is 5.56 Å². The standard InChI is InChI=1S/C19H23N3O/c1-2-13-3-5-14(6-4-13)11-22-10-9-17-16(12-22)19(23)21-18(20-17)15-7-8-15/h3-6,15H,2,7-12H2,1H3,(H,20,21,23). The van der Waals surface area contributed by atoms with Crippen LogP contribution in [0, 0.1) is 0 Å². The second-order valence-corrected chi connectivity index (χ2v) is 6.78. The van der Waals surface area contributed by atoms with Gasteiger partial charge in [0.2, 0.25) is 0 Å². The van der Waals surface area contributed by atoms with Crippen LogP contribution in [0.15, 0.2) is 29.1 Å². The molecule has 1 aromatic heterocycles. The lowest BCUT2D eigenvalue weighted by atomic mass is 10.0. The Morgan fingerprint density at radius 2 is 1.96 bits per heavy atom. The average Bonchev–Trinajstić information content (AvgIpc) is 3.41. The minimum atomic E-state index is 0.0722. The third-order valence-corrected chi connectivity index (χ3v) is 4.97. The van der Waals surface area contributed by atoms with E-state index in [9.17, 15) is 4.79 Å². The van der Waals surface area contributed by atoms with Crippen molar-refractivity contribution in [2.24, 2.45) is 0 Å². The number of benzene rings is 1. The van der Waals surface area contributed by atoms with Crippen molar-refractivity contribution in [2.45, 2.75) is 51.6 Å². The maximum Gasteiger partial charge on any atom is 0.255 e.